The second-order valence-corrected chi connectivity index (χ2v) is 5.99. The summed E-state index contributed by atoms with van der Waals surface area (Å²) in [4.78, 5) is 4.37. The van der Waals surface area contributed by atoms with Crippen molar-refractivity contribution in [2.75, 3.05) is 6.61 Å². The Balaban J connectivity index is 2.20. The fourth-order valence-electron chi connectivity index (χ4n) is 2.16. The maximum atomic E-state index is 13.9. The van der Waals surface area contributed by atoms with Crippen LogP contribution in [0.1, 0.15) is 19.5 Å². The van der Waals surface area contributed by atoms with E-state index in [9.17, 15) is 9.50 Å². The Hall–Kier alpha value is -1.49. The summed E-state index contributed by atoms with van der Waals surface area (Å²) < 4.78 is 13.9. The molecular formula is C17H20ClFN2O. The number of halogens is 2. The minimum absolute atomic E-state index is 0.00721. The summed E-state index contributed by atoms with van der Waals surface area (Å²) in [6.45, 7) is 4.27. The van der Waals surface area contributed by atoms with Crippen molar-refractivity contribution in [2.45, 2.75) is 26.4 Å². The zero-order valence-electron chi connectivity index (χ0n) is 12.7. The summed E-state index contributed by atoms with van der Waals surface area (Å²) in [6, 6.07) is 10.3. The lowest BCUT2D eigenvalue weighted by Crippen LogP contribution is -2.36. The normalized spacial score (nSPS) is 12.6. The van der Waals surface area contributed by atoms with E-state index in [-0.39, 0.29) is 30.9 Å². The third-order valence-corrected chi connectivity index (χ3v) is 3.81. The van der Waals surface area contributed by atoms with Gasteiger partial charge in [-0.3, -0.25) is 0 Å². The van der Waals surface area contributed by atoms with Crippen LogP contribution in [0.2, 0.25) is 5.02 Å². The predicted molar refractivity (Wildman–Crippen MR) is 87.2 cm³/mol. The van der Waals surface area contributed by atoms with E-state index >= 15 is 0 Å². The average Bonchev–Trinajstić information content (AvgIpc) is 2.49. The highest BCUT2D eigenvalue weighted by Crippen LogP contribution is 2.22. The molecule has 0 fully saturated rings. The van der Waals surface area contributed by atoms with Gasteiger partial charge in [-0.15, -0.1) is 0 Å². The highest BCUT2D eigenvalue weighted by Gasteiger charge is 2.14. The monoisotopic (exact) mass is 322 g/mol. The van der Waals surface area contributed by atoms with E-state index < -0.39 is 0 Å². The van der Waals surface area contributed by atoms with Crippen LogP contribution in [0.15, 0.2) is 36.4 Å². The number of nitrogens with one attached hydrogen (secondary N) is 1. The number of benzene rings is 1. The fraction of sp³-hybridized carbons (Fsp3) is 0.353. The van der Waals surface area contributed by atoms with Gasteiger partial charge in [-0.05, 0) is 30.2 Å². The van der Waals surface area contributed by atoms with Gasteiger partial charge in [-0.25, -0.2) is 9.37 Å². The smallest absolute Gasteiger partial charge is 0.146 e. The Kier molecular flexibility index (Phi) is 5.89. The SMILES string of the molecule is CC(C)[C@H](CO)NCc1nc(-c2cccc(Cl)c2)ccc1F. The largest absolute Gasteiger partial charge is 0.395 e. The maximum absolute atomic E-state index is 13.9. The molecule has 1 atom stereocenters. The summed E-state index contributed by atoms with van der Waals surface area (Å²) in [5.41, 5.74) is 1.85. The number of aromatic nitrogens is 1. The first-order valence-corrected chi connectivity index (χ1v) is 7.64. The topological polar surface area (TPSA) is 45.1 Å². The summed E-state index contributed by atoms with van der Waals surface area (Å²) >= 11 is 5.98. The van der Waals surface area contributed by atoms with E-state index in [1.807, 2.05) is 26.0 Å². The molecule has 0 amide bonds. The lowest BCUT2D eigenvalue weighted by atomic mass is 10.1. The van der Waals surface area contributed by atoms with Crippen LogP contribution in [0.25, 0.3) is 11.3 Å². The molecule has 0 aliphatic rings. The molecule has 0 saturated heterocycles. The van der Waals surface area contributed by atoms with Crippen molar-refractivity contribution >= 4 is 11.6 Å². The molecule has 2 aromatic rings. The van der Waals surface area contributed by atoms with Crippen molar-refractivity contribution in [1.29, 1.82) is 0 Å². The van der Waals surface area contributed by atoms with Crippen LogP contribution in [0.4, 0.5) is 4.39 Å². The lowest BCUT2D eigenvalue weighted by Gasteiger charge is -2.20. The molecule has 0 aliphatic heterocycles. The molecule has 1 aromatic carbocycles. The first-order chi connectivity index (χ1) is 10.5. The molecule has 2 N–H and O–H groups in total. The van der Waals surface area contributed by atoms with Gasteiger partial charge < -0.3 is 10.4 Å². The fourth-order valence-corrected chi connectivity index (χ4v) is 2.35. The number of hydrogen-bond donors (Lipinski definition) is 2. The number of aliphatic hydroxyl groups excluding tert-OH is 1. The molecule has 0 bridgehead atoms. The number of aliphatic hydroxyl groups is 1. The summed E-state index contributed by atoms with van der Waals surface area (Å²) in [5.74, 6) is -0.108. The van der Waals surface area contributed by atoms with E-state index in [0.29, 0.717) is 16.4 Å². The molecule has 5 heteroatoms. The Bertz CT molecular complexity index is 634. The minimum Gasteiger partial charge on any atom is -0.395 e. The molecule has 0 radical (unpaired) electrons. The van der Waals surface area contributed by atoms with Gasteiger partial charge in [-0.1, -0.05) is 37.6 Å². The van der Waals surface area contributed by atoms with Crippen molar-refractivity contribution in [1.82, 2.24) is 10.3 Å². The second kappa shape index (κ2) is 7.68. The zero-order valence-corrected chi connectivity index (χ0v) is 13.4. The van der Waals surface area contributed by atoms with Gasteiger partial charge in [0.25, 0.3) is 0 Å². The van der Waals surface area contributed by atoms with Crippen molar-refractivity contribution in [2.24, 2.45) is 5.92 Å². The van der Waals surface area contributed by atoms with Crippen molar-refractivity contribution < 1.29 is 9.50 Å². The van der Waals surface area contributed by atoms with Crippen LogP contribution in [-0.2, 0) is 6.54 Å². The van der Waals surface area contributed by atoms with Gasteiger partial charge in [0.15, 0.2) is 0 Å². The van der Waals surface area contributed by atoms with Crippen LogP contribution in [0, 0.1) is 11.7 Å². The standard InChI is InChI=1S/C17H20ClFN2O/c1-11(2)17(10-22)20-9-16-14(19)6-7-15(21-16)12-4-3-5-13(18)8-12/h3-8,11,17,20,22H,9-10H2,1-2H3/t17-/m0/s1. The summed E-state index contributed by atoms with van der Waals surface area (Å²) in [6.07, 6.45) is 0. The summed E-state index contributed by atoms with van der Waals surface area (Å²) in [5, 5.41) is 13.1. The molecule has 1 aromatic heterocycles. The van der Waals surface area contributed by atoms with Gasteiger partial charge in [0, 0.05) is 23.2 Å². The minimum atomic E-state index is -0.362. The van der Waals surface area contributed by atoms with Gasteiger partial charge in [0.2, 0.25) is 0 Å². The van der Waals surface area contributed by atoms with Crippen LogP contribution < -0.4 is 5.32 Å². The first-order valence-electron chi connectivity index (χ1n) is 7.27. The Labute approximate surface area is 135 Å². The summed E-state index contributed by atoms with van der Waals surface area (Å²) in [7, 11) is 0. The number of rotatable bonds is 6. The zero-order chi connectivity index (χ0) is 16.1. The molecule has 0 unspecified atom stereocenters. The Morgan fingerprint density at radius 2 is 2.05 bits per heavy atom. The second-order valence-electron chi connectivity index (χ2n) is 5.55. The van der Waals surface area contributed by atoms with Gasteiger partial charge >= 0.3 is 0 Å². The predicted octanol–water partition coefficient (Wildman–Crippen LogP) is 3.65. The number of nitrogens with zero attached hydrogens (tertiary/aromatic N) is 1. The van der Waals surface area contributed by atoms with E-state index in [1.54, 1.807) is 18.2 Å². The van der Waals surface area contributed by atoms with Crippen LogP contribution >= 0.6 is 11.6 Å². The van der Waals surface area contributed by atoms with Crippen LogP contribution in [0.5, 0.6) is 0 Å². The molecule has 22 heavy (non-hydrogen) atoms. The van der Waals surface area contributed by atoms with Crippen LogP contribution in [0.3, 0.4) is 0 Å². The van der Waals surface area contributed by atoms with E-state index in [0.717, 1.165) is 5.56 Å². The molecule has 0 saturated carbocycles. The van der Waals surface area contributed by atoms with Crippen LogP contribution in [-0.4, -0.2) is 22.7 Å². The third kappa shape index (κ3) is 4.26. The maximum Gasteiger partial charge on any atom is 0.146 e. The molecule has 2 rings (SSSR count). The van der Waals surface area contributed by atoms with E-state index in [1.165, 1.54) is 6.07 Å². The van der Waals surface area contributed by atoms with Crippen molar-refractivity contribution in [3.8, 4) is 11.3 Å². The quantitative estimate of drug-likeness (QED) is 0.853. The average molecular weight is 323 g/mol. The lowest BCUT2D eigenvalue weighted by molar-refractivity contribution is 0.209. The highest BCUT2D eigenvalue weighted by molar-refractivity contribution is 6.30. The van der Waals surface area contributed by atoms with E-state index in [4.69, 9.17) is 11.6 Å². The highest BCUT2D eigenvalue weighted by atomic mass is 35.5. The molecule has 3 nitrogen and oxygen atoms in total. The molecule has 118 valence electrons. The van der Waals surface area contributed by atoms with E-state index in [2.05, 4.69) is 10.3 Å². The molecule has 0 aliphatic carbocycles. The molecular weight excluding hydrogens is 303 g/mol. The number of hydrogen-bond acceptors (Lipinski definition) is 3. The molecule has 0 spiro atoms. The third-order valence-electron chi connectivity index (χ3n) is 3.57. The van der Waals surface area contributed by atoms with Crippen molar-refractivity contribution in [3.05, 3.63) is 52.9 Å². The van der Waals surface area contributed by atoms with Crippen molar-refractivity contribution in [3.63, 3.8) is 0 Å². The number of pyridine rings is 1. The Morgan fingerprint density at radius 3 is 2.68 bits per heavy atom. The Morgan fingerprint density at radius 1 is 1.27 bits per heavy atom. The first kappa shape index (κ1) is 16.9. The molecule has 1 heterocycles. The van der Waals surface area contributed by atoms with Gasteiger partial charge in [-0.2, -0.15) is 0 Å². The van der Waals surface area contributed by atoms with Gasteiger partial charge in [0.1, 0.15) is 5.82 Å². The van der Waals surface area contributed by atoms with Gasteiger partial charge in [0.05, 0.1) is 18.0 Å².